The number of benzene rings is 1. The Morgan fingerprint density at radius 2 is 2.18 bits per heavy atom. The minimum atomic E-state index is 0.632. The first-order valence-electron chi connectivity index (χ1n) is 7.54. The number of nitrogens with one attached hydrogen (secondary N) is 3. The van der Waals surface area contributed by atoms with Crippen LogP contribution in [0.1, 0.15) is 5.89 Å². The van der Waals surface area contributed by atoms with E-state index < -0.39 is 0 Å². The van der Waals surface area contributed by atoms with Crippen LogP contribution in [0.4, 0.5) is 5.69 Å². The summed E-state index contributed by atoms with van der Waals surface area (Å²) >= 11 is 5.33. The van der Waals surface area contributed by atoms with Crippen molar-refractivity contribution in [2.75, 3.05) is 44.7 Å². The fourth-order valence-electron chi connectivity index (χ4n) is 2.56. The first-order chi connectivity index (χ1) is 10.7. The normalized spacial score (nSPS) is 15.9. The Morgan fingerprint density at radius 1 is 1.36 bits per heavy atom. The molecule has 0 radical (unpaired) electrons. The second-order valence-corrected chi connectivity index (χ2v) is 5.82. The van der Waals surface area contributed by atoms with Gasteiger partial charge in [-0.15, -0.1) is 0 Å². The average Bonchev–Trinajstić information content (AvgIpc) is 2.87. The lowest BCUT2D eigenvalue weighted by molar-refractivity contribution is -0.906. The number of morpholine rings is 1. The number of aryl methyl sites for hydroxylation is 1. The zero-order valence-electron chi connectivity index (χ0n) is 12.6. The van der Waals surface area contributed by atoms with Gasteiger partial charge in [0.2, 0.25) is 0 Å². The van der Waals surface area contributed by atoms with Gasteiger partial charge in [-0.25, -0.2) is 4.98 Å². The molecule has 0 atom stereocenters. The third-order valence-corrected chi connectivity index (χ3v) is 3.96. The van der Waals surface area contributed by atoms with E-state index in [2.05, 4.69) is 15.6 Å². The molecule has 0 aliphatic carbocycles. The Morgan fingerprint density at radius 3 is 3.00 bits per heavy atom. The Labute approximate surface area is 134 Å². The van der Waals surface area contributed by atoms with Crippen LogP contribution < -0.4 is 15.5 Å². The summed E-state index contributed by atoms with van der Waals surface area (Å²) < 4.78 is 10.8. The van der Waals surface area contributed by atoms with Crippen molar-refractivity contribution in [3.8, 4) is 0 Å². The fraction of sp³-hybridized carbons (Fsp3) is 0.467. The van der Waals surface area contributed by atoms with E-state index in [0.717, 1.165) is 56.2 Å². The smallest absolute Gasteiger partial charge is 0.192 e. The van der Waals surface area contributed by atoms with Crippen molar-refractivity contribution in [3.05, 3.63) is 24.1 Å². The van der Waals surface area contributed by atoms with Gasteiger partial charge in [-0.3, -0.25) is 0 Å². The summed E-state index contributed by atoms with van der Waals surface area (Å²) in [5.41, 5.74) is 2.54. The SMILES string of the molecule is Cc1nc2cc(NC(=S)NCC[NH+]3CCOCC3)ccc2o1. The van der Waals surface area contributed by atoms with Crippen LogP contribution in [-0.2, 0) is 4.74 Å². The number of nitrogens with zero attached hydrogens (tertiary/aromatic N) is 1. The van der Waals surface area contributed by atoms with Crippen LogP contribution in [0.15, 0.2) is 22.6 Å². The number of ether oxygens (including phenoxy) is 1. The summed E-state index contributed by atoms with van der Waals surface area (Å²) in [5, 5.41) is 7.06. The molecule has 1 saturated heterocycles. The predicted octanol–water partition coefficient (Wildman–Crippen LogP) is 0.338. The van der Waals surface area contributed by atoms with E-state index in [9.17, 15) is 0 Å². The maximum Gasteiger partial charge on any atom is 0.192 e. The van der Waals surface area contributed by atoms with Crippen molar-refractivity contribution in [1.82, 2.24) is 10.3 Å². The molecular weight excluding hydrogens is 300 g/mol. The molecule has 7 heteroatoms. The molecule has 0 spiro atoms. The lowest BCUT2D eigenvalue weighted by atomic mass is 10.3. The van der Waals surface area contributed by atoms with Gasteiger partial charge in [0.15, 0.2) is 16.6 Å². The van der Waals surface area contributed by atoms with E-state index in [-0.39, 0.29) is 0 Å². The molecule has 22 heavy (non-hydrogen) atoms. The highest BCUT2D eigenvalue weighted by Gasteiger charge is 2.13. The molecule has 0 unspecified atom stereocenters. The molecule has 0 amide bonds. The molecular formula is C15H21N4O2S+. The van der Waals surface area contributed by atoms with E-state index in [0.29, 0.717) is 11.0 Å². The topological polar surface area (TPSA) is 63.8 Å². The van der Waals surface area contributed by atoms with Crippen molar-refractivity contribution in [2.24, 2.45) is 0 Å². The predicted molar refractivity (Wildman–Crippen MR) is 89.4 cm³/mol. The monoisotopic (exact) mass is 321 g/mol. The van der Waals surface area contributed by atoms with Crippen molar-refractivity contribution < 1.29 is 14.1 Å². The van der Waals surface area contributed by atoms with E-state index in [1.807, 2.05) is 25.1 Å². The van der Waals surface area contributed by atoms with Gasteiger partial charge in [0, 0.05) is 12.6 Å². The molecule has 1 aliphatic rings. The van der Waals surface area contributed by atoms with Gasteiger partial charge >= 0.3 is 0 Å². The van der Waals surface area contributed by atoms with Gasteiger partial charge < -0.3 is 24.7 Å². The highest BCUT2D eigenvalue weighted by atomic mass is 32.1. The van der Waals surface area contributed by atoms with Crippen LogP contribution in [0.5, 0.6) is 0 Å². The van der Waals surface area contributed by atoms with Crippen molar-refractivity contribution >= 4 is 34.1 Å². The molecule has 0 bridgehead atoms. The maximum absolute atomic E-state index is 5.46. The number of fused-ring (bicyclic) bond motifs is 1. The number of hydrogen-bond donors (Lipinski definition) is 3. The third kappa shape index (κ3) is 3.94. The number of oxazole rings is 1. The highest BCUT2D eigenvalue weighted by Crippen LogP contribution is 2.19. The van der Waals surface area contributed by atoms with Gasteiger partial charge in [0.25, 0.3) is 0 Å². The first-order valence-corrected chi connectivity index (χ1v) is 7.95. The number of hydrogen-bond acceptors (Lipinski definition) is 4. The Hall–Kier alpha value is -1.70. The number of aromatic nitrogens is 1. The zero-order valence-corrected chi connectivity index (χ0v) is 13.5. The van der Waals surface area contributed by atoms with Crippen LogP contribution in [0, 0.1) is 6.92 Å². The molecule has 118 valence electrons. The second-order valence-electron chi connectivity index (χ2n) is 5.41. The van der Waals surface area contributed by atoms with Gasteiger partial charge in [-0.05, 0) is 30.4 Å². The summed E-state index contributed by atoms with van der Waals surface area (Å²) in [6, 6.07) is 5.78. The molecule has 1 aromatic heterocycles. The summed E-state index contributed by atoms with van der Waals surface area (Å²) in [4.78, 5) is 5.88. The molecule has 2 aromatic rings. The lowest BCUT2D eigenvalue weighted by Crippen LogP contribution is -3.14. The Bertz CT molecular complexity index is 652. The first kappa shape index (κ1) is 15.2. The quantitative estimate of drug-likeness (QED) is 0.706. The Kier molecular flexibility index (Phi) is 4.87. The highest BCUT2D eigenvalue weighted by molar-refractivity contribution is 7.80. The van der Waals surface area contributed by atoms with Gasteiger partial charge in [0.05, 0.1) is 26.3 Å². The van der Waals surface area contributed by atoms with Crippen LogP contribution in [0.25, 0.3) is 11.1 Å². The number of thiocarbonyl (C=S) groups is 1. The minimum absolute atomic E-state index is 0.632. The second kappa shape index (κ2) is 7.04. The lowest BCUT2D eigenvalue weighted by Gasteiger charge is -2.24. The van der Waals surface area contributed by atoms with Crippen LogP contribution >= 0.6 is 12.2 Å². The standard InChI is InChI=1S/C15H20N4O2S/c1-11-17-13-10-12(2-3-14(13)21-11)18-15(22)16-4-5-19-6-8-20-9-7-19/h2-3,10H,4-9H2,1H3,(H2,16,18,22)/p+1. The number of anilines is 1. The van der Waals surface area contributed by atoms with E-state index in [1.54, 1.807) is 4.90 Å². The van der Waals surface area contributed by atoms with Crippen molar-refractivity contribution in [1.29, 1.82) is 0 Å². The molecule has 6 nitrogen and oxygen atoms in total. The van der Waals surface area contributed by atoms with Gasteiger partial charge in [-0.1, -0.05) is 0 Å². The summed E-state index contributed by atoms with van der Waals surface area (Å²) in [6.45, 7) is 7.60. The molecule has 2 heterocycles. The number of quaternary nitrogens is 1. The largest absolute Gasteiger partial charge is 0.441 e. The fourth-order valence-corrected chi connectivity index (χ4v) is 2.78. The van der Waals surface area contributed by atoms with Crippen LogP contribution in [-0.4, -0.2) is 49.5 Å². The Balaban J connectivity index is 1.47. The maximum atomic E-state index is 5.46. The van der Waals surface area contributed by atoms with E-state index >= 15 is 0 Å². The van der Waals surface area contributed by atoms with E-state index in [4.69, 9.17) is 21.4 Å². The molecule has 0 saturated carbocycles. The summed E-state index contributed by atoms with van der Waals surface area (Å²) in [6.07, 6.45) is 0. The molecule has 3 rings (SSSR count). The molecule has 1 aliphatic heterocycles. The van der Waals surface area contributed by atoms with E-state index in [1.165, 1.54) is 0 Å². The minimum Gasteiger partial charge on any atom is -0.441 e. The van der Waals surface area contributed by atoms with Crippen LogP contribution in [0.2, 0.25) is 0 Å². The van der Waals surface area contributed by atoms with Crippen LogP contribution in [0.3, 0.4) is 0 Å². The molecule has 1 fully saturated rings. The summed E-state index contributed by atoms with van der Waals surface area (Å²) in [7, 11) is 0. The molecule has 3 N–H and O–H groups in total. The number of rotatable bonds is 4. The third-order valence-electron chi connectivity index (χ3n) is 3.72. The van der Waals surface area contributed by atoms with Crippen molar-refractivity contribution in [3.63, 3.8) is 0 Å². The van der Waals surface area contributed by atoms with Crippen molar-refractivity contribution in [2.45, 2.75) is 6.92 Å². The molecule has 1 aromatic carbocycles. The summed E-state index contributed by atoms with van der Waals surface area (Å²) in [5.74, 6) is 0.668. The van der Waals surface area contributed by atoms with Gasteiger partial charge in [0.1, 0.15) is 18.6 Å². The van der Waals surface area contributed by atoms with Gasteiger partial charge in [-0.2, -0.15) is 0 Å². The average molecular weight is 321 g/mol. The zero-order chi connectivity index (χ0) is 15.4.